The third kappa shape index (κ3) is 2.66. The van der Waals surface area contributed by atoms with E-state index in [1.807, 2.05) is 6.07 Å². The number of benzene rings is 1. The summed E-state index contributed by atoms with van der Waals surface area (Å²) in [5.41, 5.74) is 1.71. The molecule has 0 bridgehead atoms. The van der Waals surface area contributed by atoms with Gasteiger partial charge in [-0.3, -0.25) is 0 Å². The number of hydrogen-bond acceptors (Lipinski definition) is 4. The number of carbonyl (C=O) groups is 1. The van der Waals surface area contributed by atoms with E-state index in [1.54, 1.807) is 24.3 Å². The van der Waals surface area contributed by atoms with Crippen molar-refractivity contribution in [2.45, 2.75) is 0 Å². The number of nitrogens with zero attached hydrogens (tertiary/aromatic N) is 3. The molecule has 2 heterocycles. The molecule has 6 nitrogen and oxygen atoms in total. The van der Waals surface area contributed by atoms with E-state index in [4.69, 9.17) is 8.25 Å². The zero-order chi connectivity index (χ0) is 13.9. The number of halogens is 1. The number of hydrogen-bond donors (Lipinski definition) is 2. The van der Waals surface area contributed by atoms with E-state index in [0.29, 0.717) is 22.5 Å². The molecule has 0 fully saturated rings. The number of rotatable bonds is 3. The van der Waals surface area contributed by atoms with Crippen molar-refractivity contribution in [3.05, 3.63) is 42.2 Å². The minimum absolute atomic E-state index is 0.225. The standard InChI is InChI=1S/C12H8N5O.ClH.Hg/c18-12(8-4-2-1-3-5-8)17-11-9-10(14-6-13-9)15-7-16-11;;/h1-5,7H,(H2,13,14,15,16,17,18);1H;/q;;+1/p-1. The number of anilines is 1. The molecule has 2 aromatic heterocycles. The summed E-state index contributed by atoms with van der Waals surface area (Å²) in [6.07, 6.45) is 1.37. The van der Waals surface area contributed by atoms with Gasteiger partial charge in [0.05, 0.1) is 0 Å². The van der Waals surface area contributed by atoms with Crippen LogP contribution in [0.1, 0.15) is 10.4 Å². The number of fused-ring (bicyclic) bond motifs is 1. The number of carbonyl (C=O) groups excluding carboxylic acids is 1. The molecule has 0 aliphatic carbocycles. The molecule has 8 heteroatoms. The molecule has 20 heavy (non-hydrogen) atoms. The molecule has 0 radical (unpaired) electrons. The Hall–Kier alpha value is -1.53. The summed E-state index contributed by atoms with van der Waals surface area (Å²) in [5.74, 6) is 0.193. The van der Waals surface area contributed by atoms with E-state index >= 15 is 0 Å². The van der Waals surface area contributed by atoms with Gasteiger partial charge in [-0.05, 0) is 0 Å². The minimum atomic E-state index is -1.64. The van der Waals surface area contributed by atoms with Crippen molar-refractivity contribution in [1.82, 2.24) is 19.9 Å². The molecular formula is C12H8ClHgN5O. The second kappa shape index (κ2) is 5.84. The van der Waals surface area contributed by atoms with Gasteiger partial charge in [0, 0.05) is 0 Å². The zero-order valence-electron chi connectivity index (χ0n) is 10.3. The molecule has 0 unspecified atom stereocenters. The number of amides is 1. The van der Waals surface area contributed by atoms with Gasteiger partial charge >= 0.3 is 130 Å². The van der Waals surface area contributed by atoms with Crippen LogP contribution in [-0.2, 0) is 23.3 Å². The molecule has 0 spiro atoms. The molecule has 0 atom stereocenters. The summed E-state index contributed by atoms with van der Waals surface area (Å²) in [4.78, 5) is 27.6. The number of imidazole rings is 1. The fourth-order valence-electron chi connectivity index (χ4n) is 1.80. The Kier molecular flexibility index (Phi) is 3.93. The number of aromatic nitrogens is 4. The van der Waals surface area contributed by atoms with Gasteiger partial charge in [0.15, 0.2) is 0 Å². The summed E-state index contributed by atoms with van der Waals surface area (Å²) >= 11 is -1.64. The molecule has 1 aromatic carbocycles. The molecule has 0 aliphatic rings. The number of aromatic amines is 1. The Bertz CT molecular complexity index is 761. The van der Waals surface area contributed by atoms with Crippen LogP contribution in [0.2, 0.25) is 0 Å². The predicted molar refractivity (Wildman–Crippen MR) is 71.6 cm³/mol. The second-order valence-electron chi connectivity index (χ2n) is 4.06. The Morgan fingerprint density at radius 2 is 2.05 bits per heavy atom. The molecule has 1 amide bonds. The summed E-state index contributed by atoms with van der Waals surface area (Å²) in [5, 5.41) is 2.76. The molecule has 3 rings (SSSR count). The van der Waals surface area contributed by atoms with Crippen molar-refractivity contribution in [3.63, 3.8) is 0 Å². The third-order valence-electron chi connectivity index (χ3n) is 2.73. The van der Waals surface area contributed by atoms with Gasteiger partial charge in [-0.2, -0.15) is 0 Å². The van der Waals surface area contributed by atoms with Crippen LogP contribution in [0.25, 0.3) is 11.2 Å². The molecular weight excluding hydrogens is 466 g/mol. The number of H-pyrrole nitrogens is 1. The summed E-state index contributed by atoms with van der Waals surface area (Å²) in [7, 11) is 5.95. The summed E-state index contributed by atoms with van der Waals surface area (Å²) in [6, 6.07) is 8.95. The van der Waals surface area contributed by atoms with Crippen molar-refractivity contribution in [1.29, 1.82) is 0 Å². The Balaban J connectivity index is 1.95. The SMILES string of the molecule is O=C(Nc1ncnc2n[c]([Hg][Cl])[nH]c12)c1ccccc1. The maximum atomic E-state index is 12.1. The first-order valence-corrected chi connectivity index (χ1v) is 15.4. The van der Waals surface area contributed by atoms with Crippen LogP contribution >= 0.6 is 8.25 Å². The first kappa shape index (κ1) is 13.4. The monoisotopic (exact) mass is 475 g/mol. The topological polar surface area (TPSA) is 83.6 Å². The van der Waals surface area contributed by atoms with Gasteiger partial charge in [0.25, 0.3) is 0 Å². The van der Waals surface area contributed by atoms with Gasteiger partial charge < -0.3 is 0 Å². The van der Waals surface area contributed by atoms with Crippen molar-refractivity contribution in [2.24, 2.45) is 0 Å². The van der Waals surface area contributed by atoms with E-state index in [9.17, 15) is 4.79 Å². The average Bonchev–Trinajstić information content (AvgIpc) is 2.92. The molecule has 0 saturated heterocycles. The van der Waals surface area contributed by atoms with Crippen LogP contribution < -0.4 is 8.65 Å². The quantitative estimate of drug-likeness (QED) is 0.564. The average molecular weight is 474 g/mol. The second-order valence-corrected chi connectivity index (χ2v) is 10.0. The summed E-state index contributed by atoms with van der Waals surface area (Å²) < 4.78 is 0.803. The van der Waals surface area contributed by atoms with Crippen molar-refractivity contribution >= 4 is 34.5 Å². The first-order chi connectivity index (χ1) is 9.78. The van der Waals surface area contributed by atoms with Crippen LogP contribution in [0.4, 0.5) is 5.82 Å². The fourth-order valence-corrected chi connectivity index (χ4v) is 4.68. The van der Waals surface area contributed by atoms with Crippen molar-refractivity contribution in [2.75, 3.05) is 5.32 Å². The maximum absolute atomic E-state index is 12.1. The van der Waals surface area contributed by atoms with Crippen LogP contribution in [0.5, 0.6) is 0 Å². The molecule has 3 aromatic rings. The Labute approximate surface area is 129 Å². The van der Waals surface area contributed by atoms with Gasteiger partial charge in [-0.1, -0.05) is 0 Å². The van der Waals surface area contributed by atoms with Crippen LogP contribution in [0, 0.1) is 0 Å². The van der Waals surface area contributed by atoms with Crippen molar-refractivity contribution < 1.29 is 28.1 Å². The van der Waals surface area contributed by atoms with E-state index in [0.717, 1.165) is 3.33 Å². The fraction of sp³-hybridized carbons (Fsp3) is 0. The normalized spacial score (nSPS) is 10.2. The van der Waals surface area contributed by atoms with Crippen LogP contribution in [0.3, 0.4) is 0 Å². The Morgan fingerprint density at radius 1 is 1.25 bits per heavy atom. The molecule has 0 saturated carbocycles. The molecule has 2 N–H and O–H groups in total. The Morgan fingerprint density at radius 3 is 2.80 bits per heavy atom. The van der Waals surface area contributed by atoms with E-state index in [-0.39, 0.29) is 5.91 Å². The van der Waals surface area contributed by atoms with Gasteiger partial charge in [-0.15, -0.1) is 0 Å². The van der Waals surface area contributed by atoms with Crippen LogP contribution in [-0.4, -0.2) is 25.8 Å². The molecule has 0 aliphatic heterocycles. The van der Waals surface area contributed by atoms with Crippen molar-refractivity contribution in [3.8, 4) is 0 Å². The first-order valence-electron chi connectivity index (χ1n) is 5.90. The summed E-state index contributed by atoms with van der Waals surface area (Å²) in [6.45, 7) is 0. The van der Waals surface area contributed by atoms with E-state index in [2.05, 4.69) is 25.3 Å². The predicted octanol–water partition coefficient (Wildman–Crippen LogP) is 1.47. The van der Waals surface area contributed by atoms with E-state index in [1.165, 1.54) is 6.33 Å². The van der Waals surface area contributed by atoms with Gasteiger partial charge in [0.2, 0.25) is 0 Å². The zero-order valence-corrected chi connectivity index (χ0v) is 16.6. The van der Waals surface area contributed by atoms with E-state index < -0.39 is 23.3 Å². The molecule has 96 valence electrons. The van der Waals surface area contributed by atoms with Gasteiger partial charge in [0.1, 0.15) is 0 Å². The third-order valence-corrected chi connectivity index (χ3v) is 7.24. The van der Waals surface area contributed by atoms with Crippen LogP contribution in [0.15, 0.2) is 36.7 Å². The number of nitrogens with one attached hydrogen (secondary N) is 2. The van der Waals surface area contributed by atoms with Gasteiger partial charge in [-0.25, -0.2) is 0 Å².